The highest BCUT2D eigenvalue weighted by molar-refractivity contribution is 6.03. The van der Waals surface area contributed by atoms with Crippen LogP contribution in [-0.2, 0) is 14.3 Å². The van der Waals surface area contributed by atoms with Gasteiger partial charge in [-0.2, -0.15) is 0 Å². The first-order valence-electron chi connectivity index (χ1n) is 17.6. The number of ether oxygens (including phenoxy) is 3. The Balaban J connectivity index is 1.12. The molecule has 6 rings (SSSR count). The Morgan fingerprint density at radius 2 is 1.51 bits per heavy atom. The van der Waals surface area contributed by atoms with Crippen LogP contribution in [0.5, 0.6) is 5.75 Å². The van der Waals surface area contributed by atoms with E-state index in [0.717, 1.165) is 33.9 Å². The molecule has 2 atom stereocenters. The van der Waals surface area contributed by atoms with Crippen molar-refractivity contribution in [3.05, 3.63) is 102 Å². The predicted octanol–water partition coefficient (Wildman–Crippen LogP) is 7.66. The third-order valence-corrected chi connectivity index (χ3v) is 8.41. The second-order valence-electron chi connectivity index (χ2n) is 14.9. The molecule has 0 saturated carbocycles. The number of fused-ring (bicyclic) bond motifs is 1. The van der Waals surface area contributed by atoms with Gasteiger partial charge < -0.3 is 19.1 Å². The van der Waals surface area contributed by atoms with Crippen molar-refractivity contribution in [2.75, 3.05) is 13.2 Å². The minimum atomic E-state index is -0.839. The number of hydrogen-bond acceptors (Lipinski definition) is 9. The fourth-order valence-electron chi connectivity index (χ4n) is 6.05. The second-order valence-corrected chi connectivity index (χ2v) is 14.9. The van der Waals surface area contributed by atoms with Crippen LogP contribution in [0, 0.1) is 0 Å². The number of alkyl carbamates (subject to hydrolysis) is 1. The van der Waals surface area contributed by atoms with Gasteiger partial charge in [0.15, 0.2) is 24.5 Å². The number of benzene rings is 4. The summed E-state index contributed by atoms with van der Waals surface area (Å²) in [5, 5.41) is 4.52. The Morgan fingerprint density at radius 3 is 2.23 bits per heavy atom. The summed E-state index contributed by atoms with van der Waals surface area (Å²) in [6.07, 6.45) is -0.811. The van der Waals surface area contributed by atoms with Crippen molar-refractivity contribution < 1.29 is 33.4 Å². The molecule has 0 aliphatic carbocycles. The molecule has 4 aromatic rings. The fourth-order valence-corrected chi connectivity index (χ4v) is 6.05. The molecule has 1 saturated heterocycles. The van der Waals surface area contributed by atoms with Gasteiger partial charge in [0.05, 0.1) is 6.04 Å². The lowest BCUT2D eigenvalue weighted by molar-refractivity contribution is 0.00124. The number of nitrogens with zero attached hydrogens (tertiary/aromatic N) is 3. The number of amidine groups is 1. The SMILES string of the molecule is CC(C)(C)OC(=O)N=C(NC(=O)OC(C)(C)C)N1CCC[C@H]1C1N=C(c2ccc3cc(OCC(=O)c4ccc(-c5ccccc5)cc4)ccc3c2)NO1. The number of amides is 2. The monoisotopic (exact) mass is 719 g/mol. The minimum absolute atomic E-state index is 0.00893. The van der Waals surface area contributed by atoms with Crippen molar-refractivity contribution in [3.63, 3.8) is 0 Å². The molecule has 2 heterocycles. The summed E-state index contributed by atoms with van der Waals surface area (Å²) in [6.45, 7) is 10.9. The predicted molar refractivity (Wildman–Crippen MR) is 203 cm³/mol. The Kier molecular flexibility index (Phi) is 10.8. The molecule has 1 unspecified atom stereocenters. The minimum Gasteiger partial charge on any atom is -0.485 e. The molecule has 276 valence electrons. The van der Waals surface area contributed by atoms with E-state index in [1.54, 1.807) is 46.4 Å². The molecule has 4 aromatic carbocycles. The Morgan fingerprint density at radius 1 is 0.849 bits per heavy atom. The van der Waals surface area contributed by atoms with Gasteiger partial charge in [-0.15, -0.1) is 4.99 Å². The van der Waals surface area contributed by atoms with Crippen molar-refractivity contribution >= 4 is 40.5 Å². The van der Waals surface area contributed by atoms with Gasteiger partial charge >= 0.3 is 12.2 Å². The van der Waals surface area contributed by atoms with Crippen LogP contribution in [0.4, 0.5) is 9.59 Å². The number of hydroxylamine groups is 1. The summed E-state index contributed by atoms with van der Waals surface area (Å²) in [4.78, 5) is 55.1. The molecule has 2 amide bonds. The van der Waals surface area contributed by atoms with Gasteiger partial charge in [0.2, 0.25) is 5.96 Å². The van der Waals surface area contributed by atoms with Crippen molar-refractivity contribution in [3.8, 4) is 16.9 Å². The maximum atomic E-state index is 12.9. The van der Waals surface area contributed by atoms with Crippen molar-refractivity contribution in [1.82, 2.24) is 15.7 Å². The standard InChI is InChI=1S/C41H45N5O7/c1-40(2,3)51-38(48)43-37(44-39(49)52-41(4,5)6)46-22-10-13-33(46)36-42-35(45-53-36)31-19-18-30-24-32(21-20-29(30)23-31)50-25-34(47)28-16-14-27(15-17-28)26-11-8-7-9-12-26/h7-9,11-12,14-21,23-24,33,36H,10,13,22,25H2,1-6H3,(H,42,45)(H,43,44,48,49)/t33-,36?/m0/s1. The highest BCUT2D eigenvalue weighted by Crippen LogP contribution is 2.28. The van der Waals surface area contributed by atoms with Gasteiger partial charge in [-0.25, -0.2) is 24.9 Å². The van der Waals surface area contributed by atoms with E-state index in [0.29, 0.717) is 30.1 Å². The van der Waals surface area contributed by atoms with E-state index in [-0.39, 0.29) is 24.4 Å². The number of guanidine groups is 1. The van der Waals surface area contributed by atoms with Crippen LogP contribution >= 0.6 is 0 Å². The maximum Gasteiger partial charge on any atom is 0.437 e. The summed E-state index contributed by atoms with van der Waals surface area (Å²) in [7, 11) is 0. The molecule has 2 N–H and O–H groups in total. The number of nitrogens with one attached hydrogen (secondary N) is 2. The number of carbonyl (C=O) groups is 3. The second kappa shape index (κ2) is 15.5. The molecule has 12 nitrogen and oxygen atoms in total. The highest BCUT2D eigenvalue weighted by Gasteiger charge is 2.39. The van der Waals surface area contributed by atoms with Crippen molar-refractivity contribution in [2.45, 2.75) is 77.9 Å². The van der Waals surface area contributed by atoms with Gasteiger partial charge in [-0.05, 0) is 94.5 Å². The topological polar surface area (TPSA) is 140 Å². The summed E-state index contributed by atoms with van der Waals surface area (Å²) < 4.78 is 16.7. The molecule has 0 radical (unpaired) electrons. The number of rotatable bonds is 7. The average molecular weight is 720 g/mol. The van der Waals surface area contributed by atoms with Gasteiger partial charge in [0.25, 0.3) is 0 Å². The largest absolute Gasteiger partial charge is 0.485 e. The third kappa shape index (κ3) is 9.78. The third-order valence-electron chi connectivity index (χ3n) is 8.41. The van der Waals surface area contributed by atoms with Gasteiger partial charge in [0.1, 0.15) is 17.0 Å². The smallest absolute Gasteiger partial charge is 0.437 e. The number of Topliss-reactive ketones (excluding diaryl/α,β-unsaturated/α-hetero) is 1. The van der Waals surface area contributed by atoms with Gasteiger partial charge in [-0.3, -0.25) is 10.1 Å². The van der Waals surface area contributed by atoms with Crippen LogP contribution in [0.2, 0.25) is 0 Å². The summed E-state index contributed by atoms with van der Waals surface area (Å²) in [6, 6.07) is 28.7. The first-order chi connectivity index (χ1) is 25.2. The van der Waals surface area contributed by atoms with E-state index in [2.05, 4.69) is 15.8 Å². The van der Waals surface area contributed by atoms with Crippen molar-refractivity contribution in [1.29, 1.82) is 0 Å². The van der Waals surface area contributed by atoms with Crippen LogP contribution in [0.25, 0.3) is 21.9 Å². The molecule has 2 aliphatic rings. The first kappa shape index (κ1) is 37.0. The molecule has 1 fully saturated rings. The normalized spacial score (nSPS) is 17.6. The van der Waals surface area contributed by atoms with Crippen LogP contribution in [0.3, 0.4) is 0 Å². The number of ketones is 1. The zero-order valence-electron chi connectivity index (χ0n) is 30.8. The molecule has 0 spiro atoms. The van der Waals surface area contributed by atoms with E-state index in [4.69, 9.17) is 24.0 Å². The fraction of sp³-hybridized carbons (Fsp3) is 0.341. The van der Waals surface area contributed by atoms with Crippen molar-refractivity contribution in [2.24, 2.45) is 9.98 Å². The molecule has 0 bridgehead atoms. The number of hydrogen-bond donors (Lipinski definition) is 2. The summed E-state index contributed by atoms with van der Waals surface area (Å²) >= 11 is 0. The zero-order valence-corrected chi connectivity index (χ0v) is 30.8. The van der Waals surface area contributed by atoms with E-state index in [1.165, 1.54) is 0 Å². The lowest BCUT2D eigenvalue weighted by Gasteiger charge is -2.30. The Bertz CT molecular complexity index is 2030. The molecule has 2 aliphatic heterocycles. The van der Waals surface area contributed by atoms with Crippen LogP contribution in [-0.4, -0.2) is 71.3 Å². The lowest BCUT2D eigenvalue weighted by atomic mass is 10.0. The van der Waals surface area contributed by atoms with E-state index in [9.17, 15) is 14.4 Å². The van der Waals surface area contributed by atoms with Crippen LogP contribution in [0.1, 0.15) is 70.3 Å². The molecule has 53 heavy (non-hydrogen) atoms. The van der Waals surface area contributed by atoms with Gasteiger partial charge in [-0.1, -0.05) is 72.8 Å². The number of aliphatic imine (C=N–C) groups is 2. The van der Waals surface area contributed by atoms with E-state index < -0.39 is 29.6 Å². The van der Waals surface area contributed by atoms with Crippen LogP contribution in [0.15, 0.2) is 101 Å². The zero-order chi connectivity index (χ0) is 37.8. The quantitative estimate of drug-likeness (QED) is 0.112. The maximum absolute atomic E-state index is 12.9. The summed E-state index contributed by atoms with van der Waals surface area (Å²) in [5.41, 5.74) is 4.96. The van der Waals surface area contributed by atoms with Crippen LogP contribution < -0.4 is 15.5 Å². The number of likely N-dealkylation sites (tertiary alicyclic amines) is 1. The first-order valence-corrected chi connectivity index (χ1v) is 17.6. The van der Waals surface area contributed by atoms with Gasteiger partial charge in [0, 0.05) is 17.7 Å². The lowest BCUT2D eigenvalue weighted by Crippen LogP contribution is -2.51. The molecule has 0 aromatic heterocycles. The van der Waals surface area contributed by atoms with E-state index in [1.807, 2.05) is 91.0 Å². The Hall–Kier alpha value is -5.75. The van der Waals surface area contributed by atoms with E-state index >= 15 is 0 Å². The molecule has 12 heteroatoms. The Labute approximate surface area is 309 Å². The molecular weight excluding hydrogens is 674 g/mol. The summed E-state index contributed by atoms with van der Waals surface area (Å²) in [5.74, 6) is 1.03. The number of carbonyl (C=O) groups excluding carboxylic acids is 3. The average Bonchev–Trinajstić information content (AvgIpc) is 3.80. The molecular formula is C41H45N5O7. The highest BCUT2D eigenvalue weighted by atomic mass is 16.7.